The van der Waals surface area contributed by atoms with Crippen LogP contribution in [0, 0.1) is 5.82 Å². The number of halogens is 1. The average molecular weight is 295 g/mol. The third-order valence-corrected chi connectivity index (χ3v) is 5.17. The maximum absolute atomic E-state index is 13.8. The highest BCUT2D eigenvalue weighted by atomic mass is 32.2. The van der Waals surface area contributed by atoms with Crippen LogP contribution < -0.4 is 10.2 Å². The number of nitrogens with one attached hydrogen (secondary N) is 1. The highest BCUT2D eigenvalue weighted by molar-refractivity contribution is 7.99. The first-order chi connectivity index (χ1) is 9.83. The minimum atomic E-state index is -0.105. The Morgan fingerprint density at radius 3 is 2.70 bits per heavy atom. The molecule has 0 aromatic heterocycles. The Kier molecular flexibility index (Phi) is 4.81. The lowest BCUT2D eigenvalue weighted by Crippen LogP contribution is -2.52. The summed E-state index contributed by atoms with van der Waals surface area (Å²) in [6.07, 6.45) is 0. The number of hydrogen-bond acceptors (Lipinski definition) is 4. The van der Waals surface area contributed by atoms with Crippen LogP contribution in [0.4, 0.5) is 10.1 Å². The summed E-state index contributed by atoms with van der Waals surface area (Å²) in [4.78, 5) is 4.66. The number of hydrogen-bond donors (Lipinski definition) is 1. The molecular weight excluding hydrogens is 273 g/mol. The van der Waals surface area contributed by atoms with E-state index >= 15 is 0 Å². The largest absolute Gasteiger partial charge is 0.367 e. The van der Waals surface area contributed by atoms with Crippen LogP contribution in [0.5, 0.6) is 0 Å². The first-order valence-electron chi connectivity index (χ1n) is 7.36. The van der Waals surface area contributed by atoms with Crippen LogP contribution in [0.25, 0.3) is 0 Å². The number of rotatable bonds is 3. The molecule has 0 saturated carbocycles. The van der Waals surface area contributed by atoms with Crippen LogP contribution >= 0.6 is 11.8 Å². The van der Waals surface area contributed by atoms with Gasteiger partial charge < -0.3 is 10.2 Å². The van der Waals surface area contributed by atoms with Gasteiger partial charge in [-0.3, -0.25) is 4.90 Å². The van der Waals surface area contributed by atoms with Crippen molar-refractivity contribution >= 4 is 17.4 Å². The zero-order valence-electron chi connectivity index (χ0n) is 11.7. The SMILES string of the molecule is Fc1ccccc1N1CCN(CC2CSCCN2)CC1. The molecule has 2 heterocycles. The molecule has 1 N–H and O–H groups in total. The average Bonchev–Trinajstić information content (AvgIpc) is 2.50. The van der Waals surface area contributed by atoms with Gasteiger partial charge in [0.05, 0.1) is 5.69 Å². The summed E-state index contributed by atoms with van der Waals surface area (Å²) in [6, 6.07) is 7.71. The summed E-state index contributed by atoms with van der Waals surface area (Å²) in [6.45, 7) is 6.14. The number of thioether (sulfide) groups is 1. The first kappa shape index (κ1) is 14.2. The summed E-state index contributed by atoms with van der Waals surface area (Å²) in [7, 11) is 0. The van der Waals surface area contributed by atoms with Crippen molar-refractivity contribution in [1.82, 2.24) is 10.2 Å². The van der Waals surface area contributed by atoms with Gasteiger partial charge in [-0.15, -0.1) is 0 Å². The highest BCUT2D eigenvalue weighted by Gasteiger charge is 2.22. The molecule has 2 fully saturated rings. The van der Waals surface area contributed by atoms with E-state index in [0.717, 1.165) is 45.0 Å². The summed E-state index contributed by atoms with van der Waals surface area (Å²) < 4.78 is 13.8. The Bertz CT molecular complexity index is 429. The minimum absolute atomic E-state index is 0.105. The van der Waals surface area contributed by atoms with Gasteiger partial charge in [0, 0.05) is 56.8 Å². The molecule has 1 atom stereocenters. The van der Waals surface area contributed by atoms with Crippen molar-refractivity contribution < 1.29 is 4.39 Å². The fourth-order valence-corrected chi connectivity index (χ4v) is 3.86. The lowest BCUT2D eigenvalue weighted by molar-refractivity contribution is 0.235. The van der Waals surface area contributed by atoms with Crippen molar-refractivity contribution in [2.45, 2.75) is 6.04 Å². The van der Waals surface area contributed by atoms with Gasteiger partial charge in [0.1, 0.15) is 5.82 Å². The second-order valence-corrected chi connectivity index (χ2v) is 6.61. The molecular formula is C15H22FN3S. The molecule has 1 aromatic carbocycles. The summed E-state index contributed by atoms with van der Waals surface area (Å²) in [5, 5.41) is 3.58. The van der Waals surface area contributed by atoms with Crippen LogP contribution in [-0.2, 0) is 0 Å². The van der Waals surface area contributed by atoms with Gasteiger partial charge in [-0.25, -0.2) is 4.39 Å². The second kappa shape index (κ2) is 6.78. The van der Waals surface area contributed by atoms with E-state index in [-0.39, 0.29) is 5.82 Å². The molecule has 1 aromatic rings. The van der Waals surface area contributed by atoms with Crippen molar-refractivity contribution in [2.75, 3.05) is 55.7 Å². The molecule has 2 saturated heterocycles. The molecule has 20 heavy (non-hydrogen) atoms. The lowest BCUT2D eigenvalue weighted by atomic mass is 10.2. The van der Waals surface area contributed by atoms with E-state index in [1.165, 1.54) is 11.5 Å². The number of benzene rings is 1. The van der Waals surface area contributed by atoms with E-state index in [1.807, 2.05) is 23.9 Å². The van der Waals surface area contributed by atoms with Crippen molar-refractivity contribution in [2.24, 2.45) is 0 Å². The predicted octanol–water partition coefficient (Wildman–Crippen LogP) is 1.65. The van der Waals surface area contributed by atoms with Crippen molar-refractivity contribution in [3.05, 3.63) is 30.1 Å². The Hall–Kier alpha value is -0.780. The third kappa shape index (κ3) is 3.45. The highest BCUT2D eigenvalue weighted by Crippen LogP contribution is 2.20. The van der Waals surface area contributed by atoms with Gasteiger partial charge in [-0.1, -0.05) is 12.1 Å². The van der Waals surface area contributed by atoms with Gasteiger partial charge in [0.25, 0.3) is 0 Å². The molecule has 1 unspecified atom stereocenters. The molecule has 0 bridgehead atoms. The van der Waals surface area contributed by atoms with Gasteiger partial charge in [0.2, 0.25) is 0 Å². The Labute approximate surface area is 124 Å². The van der Waals surface area contributed by atoms with Crippen molar-refractivity contribution in [1.29, 1.82) is 0 Å². The molecule has 0 radical (unpaired) electrons. The topological polar surface area (TPSA) is 18.5 Å². The van der Waals surface area contributed by atoms with Gasteiger partial charge in [-0.05, 0) is 12.1 Å². The van der Waals surface area contributed by atoms with Crippen LogP contribution in [0.3, 0.4) is 0 Å². The van der Waals surface area contributed by atoms with E-state index < -0.39 is 0 Å². The zero-order valence-corrected chi connectivity index (χ0v) is 12.5. The number of para-hydroxylation sites is 1. The number of anilines is 1. The van der Waals surface area contributed by atoms with Gasteiger partial charge in [-0.2, -0.15) is 11.8 Å². The maximum Gasteiger partial charge on any atom is 0.146 e. The van der Waals surface area contributed by atoms with Crippen molar-refractivity contribution in [3.8, 4) is 0 Å². The smallest absolute Gasteiger partial charge is 0.146 e. The molecule has 3 rings (SSSR count). The fraction of sp³-hybridized carbons (Fsp3) is 0.600. The van der Waals surface area contributed by atoms with E-state index in [0.29, 0.717) is 6.04 Å². The van der Waals surface area contributed by atoms with E-state index in [1.54, 1.807) is 12.1 Å². The Balaban J connectivity index is 1.50. The third-order valence-electron chi connectivity index (χ3n) is 4.04. The van der Waals surface area contributed by atoms with Crippen LogP contribution in [0.2, 0.25) is 0 Å². The molecule has 3 nitrogen and oxygen atoms in total. The monoisotopic (exact) mass is 295 g/mol. The maximum atomic E-state index is 13.8. The van der Waals surface area contributed by atoms with Crippen LogP contribution in [0.1, 0.15) is 0 Å². The molecule has 0 spiro atoms. The van der Waals surface area contributed by atoms with Crippen LogP contribution in [-0.4, -0.2) is 61.7 Å². The van der Waals surface area contributed by atoms with E-state index in [9.17, 15) is 4.39 Å². The summed E-state index contributed by atoms with van der Waals surface area (Å²) in [5.41, 5.74) is 0.749. The predicted molar refractivity (Wildman–Crippen MR) is 84.2 cm³/mol. The standard InChI is InChI=1S/C15H22FN3S/c16-14-3-1-2-4-15(14)19-8-6-18(7-9-19)11-13-12-20-10-5-17-13/h1-4,13,17H,5-12H2. The minimum Gasteiger partial charge on any atom is -0.367 e. The zero-order chi connectivity index (χ0) is 13.8. The van der Waals surface area contributed by atoms with Gasteiger partial charge >= 0.3 is 0 Å². The molecule has 2 aliphatic heterocycles. The summed E-state index contributed by atoms with van der Waals surface area (Å²) in [5.74, 6) is 2.34. The molecule has 0 aliphatic carbocycles. The number of piperazine rings is 1. The summed E-state index contributed by atoms with van der Waals surface area (Å²) >= 11 is 2.04. The van der Waals surface area contributed by atoms with Crippen molar-refractivity contribution in [3.63, 3.8) is 0 Å². The molecule has 110 valence electrons. The Morgan fingerprint density at radius 2 is 2.00 bits per heavy atom. The molecule has 5 heteroatoms. The molecule has 0 amide bonds. The fourth-order valence-electron chi connectivity index (χ4n) is 2.93. The quantitative estimate of drug-likeness (QED) is 0.913. The van der Waals surface area contributed by atoms with E-state index in [4.69, 9.17) is 0 Å². The van der Waals surface area contributed by atoms with Gasteiger partial charge in [0.15, 0.2) is 0 Å². The first-order valence-corrected chi connectivity index (χ1v) is 8.51. The molecule has 2 aliphatic rings. The Morgan fingerprint density at radius 1 is 1.20 bits per heavy atom. The normalized spacial score (nSPS) is 24.9. The second-order valence-electron chi connectivity index (χ2n) is 5.47. The lowest BCUT2D eigenvalue weighted by Gasteiger charge is -2.38. The van der Waals surface area contributed by atoms with E-state index in [2.05, 4.69) is 15.1 Å². The number of nitrogens with zero attached hydrogens (tertiary/aromatic N) is 2. The van der Waals surface area contributed by atoms with Crippen LogP contribution in [0.15, 0.2) is 24.3 Å².